The topological polar surface area (TPSA) is 86.5 Å². The number of carboxylic acids is 1. The summed E-state index contributed by atoms with van der Waals surface area (Å²) in [5.41, 5.74) is -1.36. The zero-order valence-electron chi connectivity index (χ0n) is 24.5. The van der Waals surface area contributed by atoms with Crippen LogP contribution in [0.15, 0.2) is 60.7 Å². The minimum atomic E-state index is -2.83. The fourth-order valence-corrected chi connectivity index (χ4v) is 6.35. The van der Waals surface area contributed by atoms with Crippen LogP contribution in [0.2, 0.25) is 0 Å². The van der Waals surface area contributed by atoms with Crippen molar-refractivity contribution < 1.29 is 45.7 Å². The van der Waals surface area contributed by atoms with Crippen LogP contribution in [0.1, 0.15) is 52.1 Å². The van der Waals surface area contributed by atoms with Crippen LogP contribution in [0.4, 0.5) is 26.3 Å². The van der Waals surface area contributed by atoms with Crippen molar-refractivity contribution in [2.75, 3.05) is 6.61 Å². The summed E-state index contributed by atoms with van der Waals surface area (Å²) in [6.45, 7) is 0.491. The number of carbonyl (C=O) groups is 1. The summed E-state index contributed by atoms with van der Waals surface area (Å²) >= 11 is 0. The number of alkyl halides is 2. The normalized spacial score (nSPS) is 18.6. The molecule has 2 aliphatic heterocycles. The number of imidazole rings is 1. The van der Waals surface area contributed by atoms with Crippen LogP contribution in [0, 0.1) is 29.2 Å². The maximum absolute atomic E-state index is 15.6. The monoisotopic (exact) mass is 653 g/mol. The van der Waals surface area contributed by atoms with E-state index in [-0.39, 0.29) is 70.3 Å². The number of nitrogens with zero attached hydrogens (tertiary/aromatic N) is 3. The SMILES string of the molecule is O=C(O)c1cc(F)c2nc(Cc3cc(F)c(-c4cccc(OCc5ccc(C(F)F)cc5F)n4)cc3F)n(CC34CC(CO3)C4)c2c1. The highest BCUT2D eigenvalue weighted by molar-refractivity contribution is 5.92. The molecule has 242 valence electrons. The summed E-state index contributed by atoms with van der Waals surface area (Å²) < 4.78 is 99.2. The van der Waals surface area contributed by atoms with Gasteiger partial charge in [-0.2, -0.15) is 0 Å². The lowest BCUT2D eigenvalue weighted by molar-refractivity contribution is -0.0132. The molecule has 0 spiro atoms. The van der Waals surface area contributed by atoms with Crippen molar-refractivity contribution in [3.05, 3.63) is 112 Å². The second-order valence-corrected chi connectivity index (χ2v) is 11.9. The lowest BCUT2D eigenvalue weighted by atomic mass is 9.74. The number of pyridine rings is 1. The molecule has 0 radical (unpaired) electrons. The van der Waals surface area contributed by atoms with E-state index in [2.05, 4.69) is 9.97 Å². The van der Waals surface area contributed by atoms with Crippen molar-refractivity contribution in [3.63, 3.8) is 0 Å². The van der Waals surface area contributed by atoms with E-state index in [9.17, 15) is 23.1 Å². The minimum Gasteiger partial charge on any atom is -0.478 e. The fourth-order valence-electron chi connectivity index (χ4n) is 6.35. The summed E-state index contributed by atoms with van der Waals surface area (Å²) in [6, 6.07) is 11.4. The molecule has 1 aliphatic carbocycles. The molecule has 2 aromatic heterocycles. The molecule has 3 aromatic carbocycles. The van der Waals surface area contributed by atoms with Crippen LogP contribution in [0.5, 0.6) is 5.88 Å². The Morgan fingerprint density at radius 1 is 0.957 bits per heavy atom. The van der Waals surface area contributed by atoms with Gasteiger partial charge in [-0.15, -0.1) is 0 Å². The molecule has 7 nitrogen and oxygen atoms in total. The average Bonchev–Trinajstić information content (AvgIpc) is 3.72. The van der Waals surface area contributed by atoms with Crippen LogP contribution in [-0.4, -0.2) is 37.8 Å². The molecule has 1 N–H and O–H groups in total. The predicted octanol–water partition coefficient (Wildman–Crippen LogP) is 7.64. The van der Waals surface area contributed by atoms with Gasteiger partial charge in [0, 0.05) is 29.2 Å². The maximum Gasteiger partial charge on any atom is 0.335 e. The van der Waals surface area contributed by atoms with Gasteiger partial charge in [0.1, 0.15) is 35.4 Å². The zero-order chi connectivity index (χ0) is 33.0. The quantitative estimate of drug-likeness (QED) is 0.156. The molecule has 2 bridgehead atoms. The first-order valence-corrected chi connectivity index (χ1v) is 14.7. The molecule has 3 fully saturated rings. The van der Waals surface area contributed by atoms with Gasteiger partial charge in [-0.25, -0.2) is 41.1 Å². The number of fused-ring (bicyclic) bond motifs is 2. The van der Waals surface area contributed by atoms with E-state index in [4.69, 9.17) is 9.47 Å². The number of hydrogen-bond donors (Lipinski definition) is 1. The van der Waals surface area contributed by atoms with Crippen molar-refractivity contribution in [3.8, 4) is 17.1 Å². The van der Waals surface area contributed by atoms with Crippen LogP contribution in [0.25, 0.3) is 22.3 Å². The molecular formula is C34H25F6N3O4. The Labute approximate surface area is 263 Å². The average molecular weight is 654 g/mol. The summed E-state index contributed by atoms with van der Waals surface area (Å²) in [4.78, 5) is 20.2. The summed E-state index contributed by atoms with van der Waals surface area (Å²) in [6.07, 6.45) is -1.50. The molecule has 0 unspecified atom stereocenters. The van der Waals surface area contributed by atoms with E-state index < -0.39 is 46.8 Å². The number of hydrogen-bond acceptors (Lipinski definition) is 5. The Morgan fingerprint density at radius 3 is 2.45 bits per heavy atom. The second-order valence-electron chi connectivity index (χ2n) is 11.9. The van der Waals surface area contributed by atoms with Gasteiger partial charge in [0.2, 0.25) is 5.88 Å². The second kappa shape index (κ2) is 11.7. The van der Waals surface area contributed by atoms with Gasteiger partial charge < -0.3 is 19.1 Å². The Hall–Kier alpha value is -4.91. The van der Waals surface area contributed by atoms with Gasteiger partial charge in [0.25, 0.3) is 6.43 Å². The van der Waals surface area contributed by atoms with Crippen molar-refractivity contribution in [2.45, 2.75) is 44.4 Å². The van der Waals surface area contributed by atoms with E-state index in [0.717, 1.165) is 43.2 Å². The van der Waals surface area contributed by atoms with Crippen LogP contribution in [0.3, 0.4) is 0 Å². The molecule has 3 aliphatic rings. The number of carboxylic acid groups (broad SMARTS) is 1. The van der Waals surface area contributed by atoms with Crippen LogP contribution >= 0.6 is 0 Å². The third-order valence-corrected chi connectivity index (χ3v) is 8.72. The number of aromatic nitrogens is 3. The maximum atomic E-state index is 15.6. The number of ether oxygens (including phenoxy) is 2. The largest absolute Gasteiger partial charge is 0.478 e. The zero-order valence-corrected chi connectivity index (χ0v) is 24.5. The van der Waals surface area contributed by atoms with Gasteiger partial charge in [-0.1, -0.05) is 18.2 Å². The Morgan fingerprint density at radius 2 is 1.74 bits per heavy atom. The number of benzene rings is 3. The third kappa shape index (κ3) is 5.79. The van der Waals surface area contributed by atoms with Gasteiger partial charge >= 0.3 is 5.97 Å². The van der Waals surface area contributed by atoms with Crippen molar-refractivity contribution >= 4 is 17.0 Å². The third-order valence-electron chi connectivity index (χ3n) is 8.72. The minimum absolute atomic E-state index is 0.00416. The highest BCUT2D eigenvalue weighted by Crippen LogP contribution is 2.49. The molecule has 5 aromatic rings. The Balaban J connectivity index is 1.16. The Bertz CT molecular complexity index is 2040. The molecule has 1 saturated carbocycles. The van der Waals surface area contributed by atoms with E-state index in [1.54, 1.807) is 4.57 Å². The number of rotatable bonds is 10. The highest BCUT2D eigenvalue weighted by Gasteiger charge is 2.52. The summed E-state index contributed by atoms with van der Waals surface area (Å²) in [7, 11) is 0. The predicted molar refractivity (Wildman–Crippen MR) is 156 cm³/mol. The van der Waals surface area contributed by atoms with Crippen molar-refractivity contribution in [1.82, 2.24) is 14.5 Å². The van der Waals surface area contributed by atoms with Gasteiger partial charge in [0.05, 0.1) is 35.5 Å². The number of halogens is 6. The van der Waals surface area contributed by atoms with E-state index in [0.29, 0.717) is 12.5 Å². The van der Waals surface area contributed by atoms with Crippen molar-refractivity contribution in [1.29, 1.82) is 0 Å². The lowest BCUT2D eigenvalue weighted by Crippen LogP contribution is -2.41. The molecular weight excluding hydrogens is 628 g/mol. The van der Waals surface area contributed by atoms with Crippen molar-refractivity contribution in [2.24, 2.45) is 5.92 Å². The first-order chi connectivity index (χ1) is 22.5. The Kier molecular flexibility index (Phi) is 7.66. The molecule has 47 heavy (non-hydrogen) atoms. The first kappa shape index (κ1) is 30.7. The van der Waals surface area contributed by atoms with E-state index in [1.165, 1.54) is 30.3 Å². The summed E-state index contributed by atoms with van der Waals surface area (Å²) in [5, 5.41) is 9.50. The number of aromatic carboxylic acids is 1. The fraction of sp³-hybridized carbons (Fsp3) is 0.265. The standard InChI is InChI=1S/C34H25F6N3O4/c35-23-6-18(32(39)40)4-5-19(23)15-46-30-3-1-2-27(41-30)22-11-24(36)20(7-25(22)37)10-29-42-31-26(38)8-21(33(44)45)9-28(31)43(29)16-34-12-17(13-34)14-47-34/h1-9,11,17,32H,10,12-16H2,(H,44,45). The molecule has 0 amide bonds. The summed E-state index contributed by atoms with van der Waals surface area (Å²) in [5.74, 6) is -4.07. The molecule has 0 atom stereocenters. The smallest absolute Gasteiger partial charge is 0.335 e. The molecule has 8 rings (SSSR count). The molecule has 2 saturated heterocycles. The highest BCUT2D eigenvalue weighted by atomic mass is 19.3. The molecule has 4 heterocycles. The first-order valence-electron chi connectivity index (χ1n) is 14.7. The lowest BCUT2D eigenvalue weighted by Gasteiger charge is -2.36. The van der Waals surface area contributed by atoms with Crippen LogP contribution < -0.4 is 4.74 Å². The molecule has 13 heteroatoms. The van der Waals surface area contributed by atoms with Gasteiger partial charge in [-0.3, -0.25) is 0 Å². The van der Waals surface area contributed by atoms with Gasteiger partial charge in [-0.05, 0) is 60.7 Å². The van der Waals surface area contributed by atoms with Gasteiger partial charge in [0.15, 0.2) is 5.82 Å². The van der Waals surface area contributed by atoms with E-state index >= 15 is 13.2 Å². The van der Waals surface area contributed by atoms with E-state index in [1.807, 2.05) is 0 Å². The van der Waals surface area contributed by atoms with Crippen LogP contribution in [-0.2, 0) is 24.3 Å².